The molecule has 32 heavy (non-hydrogen) atoms. The molecule has 4 heteroatoms. The van der Waals surface area contributed by atoms with Gasteiger partial charge < -0.3 is 10.6 Å². The zero-order valence-electron chi connectivity index (χ0n) is 20.0. The van der Waals surface area contributed by atoms with Crippen LogP contribution in [0.4, 0.5) is 0 Å². The summed E-state index contributed by atoms with van der Waals surface area (Å²) in [6.07, 6.45) is 10.3. The van der Waals surface area contributed by atoms with Crippen LogP contribution in [0.1, 0.15) is 70.8 Å². The van der Waals surface area contributed by atoms with Gasteiger partial charge in [0.05, 0.1) is 5.41 Å². The maximum Gasteiger partial charge on any atom is 0.246 e. The molecule has 0 bridgehead atoms. The molecular formula is C28H38N2O2. The average molecular weight is 435 g/mol. The number of hydrogen-bond acceptors (Lipinski definition) is 2. The number of nitrogens with two attached hydrogens (primary N) is 1. The molecular weight excluding hydrogens is 396 g/mol. The van der Waals surface area contributed by atoms with Gasteiger partial charge in [0.1, 0.15) is 0 Å². The molecule has 2 unspecified atom stereocenters. The number of nitrogens with zero attached hydrogens (tertiary/aromatic N) is 1. The monoisotopic (exact) mass is 434 g/mol. The molecule has 4 aliphatic rings. The Balaban J connectivity index is 1.53. The summed E-state index contributed by atoms with van der Waals surface area (Å²) in [5, 5.41) is 0. The second kappa shape index (κ2) is 7.20. The van der Waals surface area contributed by atoms with E-state index in [-0.39, 0.29) is 34.6 Å². The minimum absolute atomic E-state index is 0.0237. The van der Waals surface area contributed by atoms with Crippen LogP contribution in [0.25, 0.3) is 0 Å². The van der Waals surface area contributed by atoms with Gasteiger partial charge in [-0.25, -0.2) is 0 Å². The van der Waals surface area contributed by atoms with E-state index in [1.165, 1.54) is 5.56 Å². The average Bonchev–Trinajstić information content (AvgIpc) is 3.11. The molecule has 3 fully saturated rings. The molecule has 0 saturated heterocycles. The topological polar surface area (TPSA) is 63.4 Å². The van der Waals surface area contributed by atoms with Gasteiger partial charge in [0, 0.05) is 18.5 Å². The number of hydrogen-bond donors (Lipinski definition) is 1. The highest BCUT2D eigenvalue weighted by Gasteiger charge is 2.68. The van der Waals surface area contributed by atoms with Crippen LogP contribution in [0.15, 0.2) is 42.5 Å². The zero-order chi connectivity index (χ0) is 22.9. The van der Waals surface area contributed by atoms with Crippen molar-refractivity contribution in [3.63, 3.8) is 0 Å². The van der Waals surface area contributed by atoms with E-state index >= 15 is 0 Å². The maximum atomic E-state index is 13.3. The van der Waals surface area contributed by atoms with Crippen LogP contribution in [0.2, 0.25) is 0 Å². The lowest BCUT2D eigenvalue weighted by Crippen LogP contribution is -2.61. The summed E-state index contributed by atoms with van der Waals surface area (Å²) in [4.78, 5) is 27.6. The zero-order valence-corrected chi connectivity index (χ0v) is 20.0. The predicted octanol–water partition coefficient (Wildman–Crippen LogP) is 4.90. The Bertz CT molecular complexity index is 957. The number of benzene rings is 1. The minimum atomic E-state index is -0.503. The third kappa shape index (κ3) is 2.61. The lowest BCUT2D eigenvalue weighted by Gasteiger charge is -2.62. The Morgan fingerprint density at radius 2 is 1.75 bits per heavy atom. The van der Waals surface area contributed by atoms with E-state index in [9.17, 15) is 9.59 Å². The number of primary amides is 1. The first kappa shape index (κ1) is 21.7. The molecule has 1 aliphatic heterocycles. The van der Waals surface area contributed by atoms with E-state index in [1.54, 1.807) is 6.08 Å². The van der Waals surface area contributed by atoms with Crippen LogP contribution in [0.3, 0.4) is 0 Å². The molecule has 3 aliphatic carbocycles. The quantitative estimate of drug-likeness (QED) is 0.735. The third-order valence-electron chi connectivity index (χ3n) is 10.9. The molecule has 0 radical (unpaired) electrons. The second-order valence-electron chi connectivity index (χ2n) is 11.6. The molecule has 4 nitrogen and oxygen atoms in total. The number of carbonyl (C=O) groups excluding carboxylic acids is 2. The van der Waals surface area contributed by atoms with Crippen LogP contribution in [0.5, 0.6) is 0 Å². The van der Waals surface area contributed by atoms with Gasteiger partial charge in [-0.2, -0.15) is 0 Å². The molecule has 0 aromatic heterocycles. The molecule has 5 rings (SSSR count). The van der Waals surface area contributed by atoms with Gasteiger partial charge in [-0.05, 0) is 79.3 Å². The first-order chi connectivity index (χ1) is 15.2. The Morgan fingerprint density at radius 1 is 1.06 bits per heavy atom. The molecule has 2 amide bonds. The Kier molecular flexibility index (Phi) is 4.89. The highest BCUT2D eigenvalue weighted by atomic mass is 16.2. The highest BCUT2D eigenvalue weighted by Crippen LogP contribution is 2.71. The first-order valence-corrected chi connectivity index (χ1v) is 12.5. The van der Waals surface area contributed by atoms with Crippen molar-refractivity contribution in [3.05, 3.63) is 48.0 Å². The highest BCUT2D eigenvalue weighted by molar-refractivity contribution is 5.89. The van der Waals surface area contributed by atoms with Crippen LogP contribution in [-0.2, 0) is 9.59 Å². The van der Waals surface area contributed by atoms with Crippen LogP contribution in [-0.4, -0.2) is 29.8 Å². The Labute approximate surface area is 192 Å². The lowest BCUT2D eigenvalue weighted by molar-refractivity contribution is -0.152. The summed E-state index contributed by atoms with van der Waals surface area (Å²) in [6.45, 7) is 6.98. The number of carbonyl (C=O) groups is 2. The van der Waals surface area contributed by atoms with Crippen molar-refractivity contribution < 1.29 is 9.59 Å². The van der Waals surface area contributed by atoms with Crippen LogP contribution in [0, 0.1) is 34.0 Å². The first-order valence-electron chi connectivity index (χ1n) is 12.5. The maximum absolute atomic E-state index is 13.3. The van der Waals surface area contributed by atoms with Crippen molar-refractivity contribution in [2.75, 3.05) is 7.05 Å². The van der Waals surface area contributed by atoms with Gasteiger partial charge in [-0.1, -0.05) is 57.2 Å². The van der Waals surface area contributed by atoms with Gasteiger partial charge in [-0.15, -0.1) is 0 Å². The van der Waals surface area contributed by atoms with Crippen molar-refractivity contribution in [3.8, 4) is 0 Å². The summed E-state index contributed by atoms with van der Waals surface area (Å²) in [7, 11) is 1.97. The molecule has 1 aromatic rings. The van der Waals surface area contributed by atoms with Crippen molar-refractivity contribution >= 4 is 11.8 Å². The van der Waals surface area contributed by atoms with Gasteiger partial charge in [0.25, 0.3) is 0 Å². The predicted molar refractivity (Wildman–Crippen MR) is 127 cm³/mol. The molecule has 2 N–H and O–H groups in total. The van der Waals surface area contributed by atoms with Gasteiger partial charge in [0.15, 0.2) is 0 Å². The van der Waals surface area contributed by atoms with E-state index in [1.807, 2.05) is 18.0 Å². The summed E-state index contributed by atoms with van der Waals surface area (Å²) in [6, 6.07) is 10.8. The number of likely N-dealkylation sites (N-methyl/N-ethyl adjacent to an activating group) is 1. The Hall–Kier alpha value is -2.10. The van der Waals surface area contributed by atoms with Crippen molar-refractivity contribution in [1.29, 1.82) is 0 Å². The fourth-order valence-electron chi connectivity index (χ4n) is 9.17. The van der Waals surface area contributed by atoms with E-state index in [0.717, 1.165) is 38.5 Å². The third-order valence-corrected chi connectivity index (χ3v) is 10.9. The number of fused-ring (bicyclic) bond motifs is 5. The van der Waals surface area contributed by atoms with E-state index in [4.69, 9.17) is 5.73 Å². The number of amides is 2. The fourth-order valence-corrected chi connectivity index (χ4v) is 9.17. The van der Waals surface area contributed by atoms with E-state index in [2.05, 4.69) is 51.1 Å². The lowest BCUT2D eigenvalue weighted by atomic mass is 9.44. The molecule has 1 aromatic carbocycles. The summed E-state index contributed by atoms with van der Waals surface area (Å²) < 4.78 is 0. The SMILES string of the molecule is C[C@@H](c1ccccc1)C1(C(N)=O)CC[C@H]2[C@@H]3CCC4N(C)C(=O)C=C[C@]4(C)[C@@H]3CC[C@@]21C. The molecule has 8 atom stereocenters. The van der Waals surface area contributed by atoms with Gasteiger partial charge in [-0.3, -0.25) is 9.59 Å². The normalized spacial score (nSPS) is 43.9. The summed E-state index contributed by atoms with van der Waals surface area (Å²) in [5.41, 5.74) is 6.96. The molecule has 172 valence electrons. The fraction of sp³-hybridized carbons (Fsp3) is 0.643. The summed E-state index contributed by atoms with van der Waals surface area (Å²) >= 11 is 0. The number of rotatable bonds is 3. The van der Waals surface area contributed by atoms with Crippen molar-refractivity contribution in [1.82, 2.24) is 4.90 Å². The summed E-state index contributed by atoms with van der Waals surface area (Å²) in [5.74, 6) is 1.79. The standard InChI is InChI=1S/C28H38N2O2/c1-18(19-8-6-5-7-9-19)28(25(29)32)17-13-22-20-10-11-23-26(2,15-14-24(31)30(23)4)21(20)12-16-27(22,28)3/h5-9,14-15,18,20-23H,10-13,16-17H2,1-4H3,(H2,29,32)/t18-,20+,21+,22-,23?,26+,27-,28?/m0/s1. The molecule has 3 saturated carbocycles. The smallest absolute Gasteiger partial charge is 0.246 e. The van der Waals surface area contributed by atoms with Crippen molar-refractivity contribution in [2.24, 2.45) is 39.7 Å². The van der Waals surface area contributed by atoms with E-state index in [0.29, 0.717) is 17.8 Å². The second-order valence-corrected chi connectivity index (χ2v) is 11.6. The van der Waals surface area contributed by atoms with Crippen LogP contribution >= 0.6 is 0 Å². The molecule has 0 spiro atoms. The Morgan fingerprint density at radius 3 is 2.44 bits per heavy atom. The van der Waals surface area contributed by atoms with Crippen molar-refractivity contribution in [2.45, 2.75) is 71.3 Å². The van der Waals surface area contributed by atoms with E-state index < -0.39 is 5.41 Å². The van der Waals surface area contributed by atoms with Gasteiger partial charge >= 0.3 is 0 Å². The molecule has 1 heterocycles. The van der Waals surface area contributed by atoms with Gasteiger partial charge in [0.2, 0.25) is 11.8 Å². The largest absolute Gasteiger partial charge is 0.369 e. The van der Waals surface area contributed by atoms with Crippen LogP contribution < -0.4 is 5.73 Å². The minimum Gasteiger partial charge on any atom is -0.369 e.